The lowest BCUT2D eigenvalue weighted by molar-refractivity contribution is -0.154. The van der Waals surface area contributed by atoms with Crippen molar-refractivity contribution >= 4 is 11.8 Å². The molecule has 0 radical (unpaired) electrons. The van der Waals surface area contributed by atoms with E-state index >= 15 is 0 Å². The summed E-state index contributed by atoms with van der Waals surface area (Å²) in [6, 6.07) is 0. The Kier molecular flexibility index (Phi) is 6.08. The van der Waals surface area contributed by atoms with Crippen molar-refractivity contribution in [1.82, 2.24) is 0 Å². The van der Waals surface area contributed by atoms with Crippen LogP contribution in [-0.2, 0) is 14.3 Å². The molecule has 0 spiro atoms. The maximum atomic E-state index is 13.1. The summed E-state index contributed by atoms with van der Waals surface area (Å²) in [5, 5.41) is 0. The highest BCUT2D eigenvalue weighted by molar-refractivity contribution is 6.02. The van der Waals surface area contributed by atoms with Crippen LogP contribution in [0.4, 0.5) is 4.39 Å². The summed E-state index contributed by atoms with van der Waals surface area (Å²) in [6.45, 7) is 5.33. The zero-order valence-electron chi connectivity index (χ0n) is 8.88. The van der Waals surface area contributed by atoms with Gasteiger partial charge in [-0.15, -0.1) is 0 Å². The maximum Gasteiger partial charge on any atom is 0.348 e. The second-order valence-corrected chi connectivity index (χ2v) is 3.24. The highest BCUT2D eigenvalue weighted by Gasteiger charge is 2.30. The van der Waals surface area contributed by atoms with Gasteiger partial charge in [0.1, 0.15) is 0 Å². The predicted molar refractivity (Wildman–Crippen MR) is 50.6 cm³/mol. The number of hydrogen-bond donors (Lipinski definition) is 0. The van der Waals surface area contributed by atoms with Crippen LogP contribution in [0.3, 0.4) is 0 Å². The molecule has 0 amide bonds. The van der Waals surface area contributed by atoms with Gasteiger partial charge in [0, 0.05) is 5.92 Å². The first-order chi connectivity index (χ1) is 6.54. The van der Waals surface area contributed by atoms with Crippen LogP contribution in [0.1, 0.15) is 33.6 Å². The minimum atomic E-state index is -2.11. The van der Waals surface area contributed by atoms with E-state index < -0.39 is 23.8 Å². The van der Waals surface area contributed by atoms with Gasteiger partial charge in [-0.3, -0.25) is 4.79 Å². The average molecular weight is 204 g/mol. The topological polar surface area (TPSA) is 43.4 Å². The summed E-state index contributed by atoms with van der Waals surface area (Å²) in [4.78, 5) is 22.1. The van der Waals surface area contributed by atoms with Crippen LogP contribution in [0.2, 0.25) is 0 Å². The second kappa shape index (κ2) is 6.51. The predicted octanol–water partition coefficient (Wildman–Crippen LogP) is 1.89. The molecule has 0 fully saturated rings. The van der Waals surface area contributed by atoms with Gasteiger partial charge in [0.15, 0.2) is 5.78 Å². The largest absolute Gasteiger partial charge is 0.463 e. The van der Waals surface area contributed by atoms with Crippen LogP contribution < -0.4 is 0 Å². The van der Waals surface area contributed by atoms with Gasteiger partial charge in [0.25, 0.3) is 6.17 Å². The fraction of sp³-hybridized carbons (Fsp3) is 0.800. The SMILES string of the molecule is CCCOC(=O)C(F)C(=O)C(C)CC. The van der Waals surface area contributed by atoms with Crippen molar-refractivity contribution in [1.29, 1.82) is 0 Å². The fourth-order valence-corrected chi connectivity index (χ4v) is 0.843. The molecule has 0 aromatic carbocycles. The van der Waals surface area contributed by atoms with Crippen molar-refractivity contribution in [2.75, 3.05) is 6.61 Å². The van der Waals surface area contributed by atoms with E-state index in [1.807, 2.05) is 0 Å². The Balaban J connectivity index is 4.10. The average Bonchev–Trinajstić information content (AvgIpc) is 2.22. The summed E-state index contributed by atoms with van der Waals surface area (Å²) in [5.41, 5.74) is 0. The number of ketones is 1. The molecule has 2 atom stereocenters. The van der Waals surface area contributed by atoms with E-state index in [2.05, 4.69) is 4.74 Å². The number of halogens is 1. The number of rotatable bonds is 6. The zero-order valence-corrected chi connectivity index (χ0v) is 8.88. The first-order valence-corrected chi connectivity index (χ1v) is 4.89. The molecular formula is C10H17FO3. The molecule has 0 bridgehead atoms. The number of carbonyl (C=O) groups is 2. The molecule has 4 heteroatoms. The van der Waals surface area contributed by atoms with Crippen LogP contribution in [0.5, 0.6) is 0 Å². The Labute approximate surface area is 83.6 Å². The van der Waals surface area contributed by atoms with Crippen molar-refractivity contribution < 1.29 is 18.7 Å². The van der Waals surface area contributed by atoms with Gasteiger partial charge in [-0.05, 0) is 12.8 Å². The Morgan fingerprint density at radius 2 is 1.93 bits per heavy atom. The van der Waals surface area contributed by atoms with Crippen LogP contribution in [-0.4, -0.2) is 24.5 Å². The van der Waals surface area contributed by atoms with Gasteiger partial charge in [-0.25, -0.2) is 9.18 Å². The summed E-state index contributed by atoms with van der Waals surface area (Å²) in [5.74, 6) is -2.18. The molecule has 0 rings (SSSR count). The first-order valence-electron chi connectivity index (χ1n) is 4.89. The van der Waals surface area contributed by atoms with E-state index in [1.54, 1.807) is 20.8 Å². The molecule has 0 N–H and O–H groups in total. The Bertz CT molecular complexity index is 204. The molecule has 0 saturated carbocycles. The number of Topliss-reactive ketones (excluding diaryl/α,β-unsaturated/α-hetero) is 1. The molecule has 0 aliphatic heterocycles. The highest BCUT2D eigenvalue weighted by Crippen LogP contribution is 2.09. The molecule has 82 valence electrons. The molecule has 3 nitrogen and oxygen atoms in total. The van der Waals surface area contributed by atoms with E-state index in [4.69, 9.17) is 0 Å². The van der Waals surface area contributed by atoms with Crippen LogP contribution in [0.25, 0.3) is 0 Å². The van der Waals surface area contributed by atoms with E-state index in [-0.39, 0.29) is 6.61 Å². The minimum Gasteiger partial charge on any atom is -0.463 e. The summed E-state index contributed by atoms with van der Waals surface area (Å²) in [6.07, 6.45) is -0.965. The molecule has 0 aromatic heterocycles. The van der Waals surface area contributed by atoms with E-state index in [9.17, 15) is 14.0 Å². The molecular weight excluding hydrogens is 187 g/mol. The second-order valence-electron chi connectivity index (χ2n) is 3.24. The molecule has 2 unspecified atom stereocenters. The van der Waals surface area contributed by atoms with Crippen LogP contribution >= 0.6 is 0 Å². The maximum absolute atomic E-state index is 13.1. The molecule has 14 heavy (non-hydrogen) atoms. The van der Waals surface area contributed by atoms with Crippen molar-refractivity contribution in [3.63, 3.8) is 0 Å². The molecule has 0 saturated heterocycles. The number of hydrogen-bond acceptors (Lipinski definition) is 3. The molecule has 0 aromatic rings. The standard InChI is InChI=1S/C10H17FO3/c1-4-6-14-10(13)8(11)9(12)7(3)5-2/h7-8H,4-6H2,1-3H3. The number of carbonyl (C=O) groups excluding carboxylic acids is 2. The summed E-state index contributed by atoms with van der Waals surface area (Å²) in [7, 11) is 0. The van der Waals surface area contributed by atoms with E-state index in [1.165, 1.54) is 0 Å². The highest BCUT2D eigenvalue weighted by atomic mass is 19.1. The van der Waals surface area contributed by atoms with Gasteiger partial charge >= 0.3 is 5.97 Å². The Morgan fingerprint density at radius 1 is 1.36 bits per heavy atom. The third-order valence-electron chi connectivity index (χ3n) is 2.00. The zero-order chi connectivity index (χ0) is 11.1. The number of alkyl halides is 1. The van der Waals surface area contributed by atoms with Gasteiger partial charge in [0.2, 0.25) is 0 Å². The van der Waals surface area contributed by atoms with Gasteiger partial charge in [0.05, 0.1) is 6.61 Å². The first kappa shape index (κ1) is 13.1. The lowest BCUT2D eigenvalue weighted by Gasteiger charge is -2.10. The van der Waals surface area contributed by atoms with Crippen molar-refractivity contribution in [3.8, 4) is 0 Å². The van der Waals surface area contributed by atoms with Crippen molar-refractivity contribution in [2.24, 2.45) is 5.92 Å². The Hall–Kier alpha value is -0.930. The monoisotopic (exact) mass is 204 g/mol. The smallest absolute Gasteiger partial charge is 0.348 e. The summed E-state index contributed by atoms with van der Waals surface area (Å²) < 4.78 is 17.7. The van der Waals surface area contributed by atoms with Gasteiger partial charge in [-0.2, -0.15) is 0 Å². The fourth-order valence-electron chi connectivity index (χ4n) is 0.843. The minimum absolute atomic E-state index is 0.160. The van der Waals surface area contributed by atoms with Crippen LogP contribution in [0.15, 0.2) is 0 Å². The van der Waals surface area contributed by atoms with E-state index in [0.29, 0.717) is 12.8 Å². The van der Waals surface area contributed by atoms with Gasteiger partial charge < -0.3 is 4.74 Å². The Morgan fingerprint density at radius 3 is 2.36 bits per heavy atom. The van der Waals surface area contributed by atoms with Crippen LogP contribution in [0, 0.1) is 5.92 Å². The van der Waals surface area contributed by atoms with Gasteiger partial charge in [-0.1, -0.05) is 20.8 Å². The number of esters is 1. The normalized spacial score (nSPS) is 14.6. The third-order valence-corrected chi connectivity index (χ3v) is 2.00. The summed E-state index contributed by atoms with van der Waals surface area (Å²) >= 11 is 0. The molecule has 0 aliphatic carbocycles. The van der Waals surface area contributed by atoms with E-state index in [0.717, 1.165) is 0 Å². The lowest BCUT2D eigenvalue weighted by atomic mass is 10.0. The molecule has 0 heterocycles. The van der Waals surface area contributed by atoms with Crippen molar-refractivity contribution in [2.45, 2.75) is 39.8 Å². The number of ether oxygens (including phenoxy) is 1. The lowest BCUT2D eigenvalue weighted by Crippen LogP contribution is -2.31. The third kappa shape index (κ3) is 3.85. The molecule has 0 aliphatic rings. The quantitative estimate of drug-likeness (QED) is 0.490. The van der Waals surface area contributed by atoms with Crippen molar-refractivity contribution in [3.05, 3.63) is 0 Å².